The summed E-state index contributed by atoms with van der Waals surface area (Å²) in [7, 11) is 0. The van der Waals surface area contributed by atoms with E-state index in [1.54, 1.807) is 30.5 Å². The molecule has 19 heavy (non-hydrogen) atoms. The third kappa shape index (κ3) is 2.80. The molecule has 0 aliphatic heterocycles. The Morgan fingerprint density at radius 1 is 1.37 bits per heavy atom. The average molecular weight is 260 g/mol. The van der Waals surface area contributed by atoms with Gasteiger partial charge in [0, 0.05) is 6.20 Å². The van der Waals surface area contributed by atoms with Crippen molar-refractivity contribution in [3.05, 3.63) is 56.4 Å². The Labute approximate surface area is 106 Å². The van der Waals surface area contributed by atoms with E-state index in [2.05, 4.69) is 15.0 Å². The smallest absolute Gasteiger partial charge is 0.395 e. The fourth-order valence-corrected chi connectivity index (χ4v) is 1.35. The van der Waals surface area contributed by atoms with Crippen LogP contribution >= 0.6 is 0 Å². The highest BCUT2D eigenvalue weighted by Gasteiger charge is 2.21. The summed E-state index contributed by atoms with van der Waals surface area (Å²) < 4.78 is 0. The lowest BCUT2D eigenvalue weighted by Gasteiger charge is -1.96. The number of aromatic hydroxyl groups is 1. The number of nitrogens with zero attached hydrogens (tertiary/aromatic N) is 3. The van der Waals surface area contributed by atoms with Crippen molar-refractivity contribution in [2.45, 2.75) is 0 Å². The number of H-pyrrole nitrogens is 1. The lowest BCUT2D eigenvalue weighted by Crippen LogP contribution is -2.14. The Bertz CT molecular complexity index is 694. The summed E-state index contributed by atoms with van der Waals surface area (Å²) in [5.74, 6) is -0.923. The van der Waals surface area contributed by atoms with Crippen LogP contribution in [-0.4, -0.2) is 25.0 Å². The first-order valence-electron chi connectivity index (χ1n) is 5.14. The molecule has 0 radical (unpaired) electrons. The predicted molar refractivity (Wildman–Crippen MR) is 66.3 cm³/mol. The second kappa shape index (κ2) is 5.08. The first-order chi connectivity index (χ1) is 9.08. The third-order valence-corrected chi connectivity index (χ3v) is 2.18. The summed E-state index contributed by atoms with van der Waals surface area (Å²) in [5, 5.41) is 19.8. The minimum atomic E-state index is -1.02. The van der Waals surface area contributed by atoms with Crippen LogP contribution in [0, 0.1) is 10.1 Å². The van der Waals surface area contributed by atoms with Gasteiger partial charge in [-0.1, -0.05) is 6.07 Å². The second-order valence-corrected chi connectivity index (χ2v) is 3.47. The highest BCUT2D eigenvalue weighted by molar-refractivity contribution is 5.64. The van der Waals surface area contributed by atoms with Crippen molar-refractivity contribution >= 4 is 17.8 Å². The van der Waals surface area contributed by atoms with Crippen molar-refractivity contribution in [2.24, 2.45) is 0 Å². The quantitative estimate of drug-likeness (QED) is 0.625. The van der Waals surface area contributed by atoms with Gasteiger partial charge in [-0.2, -0.15) is 4.98 Å². The number of nitro groups is 1. The molecule has 0 atom stereocenters. The monoisotopic (exact) mass is 260 g/mol. The molecule has 2 aromatic heterocycles. The van der Waals surface area contributed by atoms with Gasteiger partial charge < -0.3 is 10.1 Å². The fraction of sp³-hybridized carbons (Fsp3) is 0. The molecule has 0 fully saturated rings. The average Bonchev–Trinajstić information content (AvgIpc) is 2.36. The SMILES string of the molecule is O=c1[nH]c(C=Cc2ccccn2)nc(O)c1[N+](=O)[O-]. The zero-order valence-electron chi connectivity index (χ0n) is 9.48. The molecule has 2 N–H and O–H groups in total. The maximum absolute atomic E-state index is 11.4. The first kappa shape index (κ1) is 12.4. The zero-order chi connectivity index (χ0) is 13.8. The molecule has 0 amide bonds. The van der Waals surface area contributed by atoms with E-state index < -0.39 is 22.0 Å². The third-order valence-electron chi connectivity index (χ3n) is 2.18. The van der Waals surface area contributed by atoms with Gasteiger partial charge in [-0.3, -0.25) is 19.9 Å². The number of hydrogen-bond acceptors (Lipinski definition) is 6. The molecular formula is C11H8N4O4. The van der Waals surface area contributed by atoms with Crippen LogP contribution in [0.15, 0.2) is 29.2 Å². The van der Waals surface area contributed by atoms with Crippen LogP contribution in [0.25, 0.3) is 12.2 Å². The van der Waals surface area contributed by atoms with E-state index in [-0.39, 0.29) is 5.82 Å². The molecule has 8 nitrogen and oxygen atoms in total. The van der Waals surface area contributed by atoms with E-state index in [1.807, 2.05) is 0 Å². The van der Waals surface area contributed by atoms with E-state index in [4.69, 9.17) is 0 Å². The minimum absolute atomic E-state index is 0.00115. The predicted octanol–water partition coefficient (Wildman–Crippen LogP) is 0.949. The number of hydrogen-bond donors (Lipinski definition) is 2. The lowest BCUT2D eigenvalue weighted by molar-refractivity contribution is -0.387. The normalized spacial score (nSPS) is 10.7. The van der Waals surface area contributed by atoms with Crippen LogP contribution in [0.1, 0.15) is 11.5 Å². The van der Waals surface area contributed by atoms with Crippen molar-refractivity contribution in [1.29, 1.82) is 0 Å². The Kier molecular flexibility index (Phi) is 3.33. The van der Waals surface area contributed by atoms with Gasteiger partial charge >= 0.3 is 11.2 Å². The summed E-state index contributed by atoms with van der Waals surface area (Å²) >= 11 is 0. The fourth-order valence-electron chi connectivity index (χ4n) is 1.35. The lowest BCUT2D eigenvalue weighted by atomic mass is 10.3. The number of aromatic amines is 1. The Morgan fingerprint density at radius 2 is 2.16 bits per heavy atom. The topological polar surface area (TPSA) is 122 Å². The summed E-state index contributed by atoms with van der Waals surface area (Å²) in [5.41, 5.74) is -1.38. The summed E-state index contributed by atoms with van der Waals surface area (Å²) in [4.78, 5) is 30.6. The number of nitrogens with one attached hydrogen (secondary N) is 1. The van der Waals surface area contributed by atoms with Crippen LogP contribution in [0.3, 0.4) is 0 Å². The summed E-state index contributed by atoms with van der Waals surface area (Å²) in [6.45, 7) is 0. The molecule has 0 saturated carbocycles. The van der Waals surface area contributed by atoms with Gasteiger partial charge in [0.2, 0.25) is 0 Å². The Hall–Kier alpha value is -3.03. The van der Waals surface area contributed by atoms with Gasteiger partial charge in [0.25, 0.3) is 5.88 Å². The molecule has 0 bridgehead atoms. The van der Waals surface area contributed by atoms with Gasteiger partial charge in [0.1, 0.15) is 5.82 Å². The van der Waals surface area contributed by atoms with Crippen LogP contribution in [0.4, 0.5) is 5.69 Å². The van der Waals surface area contributed by atoms with Crippen molar-refractivity contribution in [3.8, 4) is 5.88 Å². The van der Waals surface area contributed by atoms with Gasteiger partial charge in [0.15, 0.2) is 0 Å². The molecule has 2 heterocycles. The largest absolute Gasteiger partial charge is 0.488 e. The van der Waals surface area contributed by atoms with E-state index in [0.29, 0.717) is 5.69 Å². The minimum Gasteiger partial charge on any atom is -0.488 e. The van der Waals surface area contributed by atoms with E-state index in [0.717, 1.165) is 0 Å². The zero-order valence-corrected chi connectivity index (χ0v) is 9.48. The van der Waals surface area contributed by atoms with Crippen LogP contribution in [0.2, 0.25) is 0 Å². The first-order valence-corrected chi connectivity index (χ1v) is 5.14. The van der Waals surface area contributed by atoms with E-state index in [9.17, 15) is 20.0 Å². The number of pyridine rings is 1. The van der Waals surface area contributed by atoms with Gasteiger partial charge in [-0.05, 0) is 24.3 Å². The second-order valence-electron chi connectivity index (χ2n) is 3.47. The molecule has 96 valence electrons. The molecule has 0 aliphatic carbocycles. The molecule has 0 unspecified atom stereocenters. The van der Waals surface area contributed by atoms with Gasteiger partial charge in [0.05, 0.1) is 10.6 Å². The van der Waals surface area contributed by atoms with Crippen molar-refractivity contribution in [3.63, 3.8) is 0 Å². The summed E-state index contributed by atoms with van der Waals surface area (Å²) in [6, 6.07) is 5.24. The van der Waals surface area contributed by atoms with Crippen LogP contribution in [0.5, 0.6) is 5.88 Å². The van der Waals surface area contributed by atoms with Crippen LogP contribution < -0.4 is 5.56 Å². The van der Waals surface area contributed by atoms with E-state index >= 15 is 0 Å². The molecular weight excluding hydrogens is 252 g/mol. The molecule has 0 spiro atoms. The standard InChI is InChI=1S/C11H8N4O4/c16-10-9(15(18)19)11(17)14-8(13-10)5-4-7-3-1-2-6-12-7/h1-6H,(H2,13,14,16,17). The Balaban J connectivity index is 2.36. The number of rotatable bonds is 3. The van der Waals surface area contributed by atoms with Gasteiger partial charge in [-0.25, -0.2) is 0 Å². The maximum atomic E-state index is 11.4. The molecule has 2 aromatic rings. The van der Waals surface area contributed by atoms with E-state index in [1.165, 1.54) is 6.08 Å². The number of aromatic nitrogens is 3. The molecule has 0 saturated heterocycles. The van der Waals surface area contributed by atoms with Gasteiger partial charge in [-0.15, -0.1) is 0 Å². The molecule has 2 rings (SSSR count). The highest BCUT2D eigenvalue weighted by Crippen LogP contribution is 2.17. The highest BCUT2D eigenvalue weighted by atomic mass is 16.6. The summed E-state index contributed by atoms with van der Waals surface area (Å²) in [6.07, 6.45) is 4.51. The molecule has 8 heteroatoms. The van der Waals surface area contributed by atoms with Crippen molar-refractivity contribution in [2.75, 3.05) is 0 Å². The maximum Gasteiger partial charge on any atom is 0.395 e. The van der Waals surface area contributed by atoms with Crippen molar-refractivity contribution in [1.82, 2.24) is 15.0 Å². The Morgan fingerprint density at radius 3 is 2.74 bits per heavy atom. The van der Waals surface area contributed by atoms with Crippen molar-refractivity contribution < 1.29 is 10.0 Å². The van der Waals surface area contributed by atoms with Crippen LogP contribution in [-0.2, 0) is 0 Å². The molecule has 0 aliphatic rings. The molecule has 0 aromatic carbocycles.